The summed E-state index contributed by atoms with van der Waals surface area (Å²) >= 11 is 0. The molecule has 1 aromatic heterocycles. The third-order valence-corrected chi connectivity index (χ3v) is 4.19. The minimum absolute atomic E-state index is 1.02. The van der Waals surface area contributed by atoms with Crippen LogP contribution in [0.15, 0.2) is 86.5 Å². The summed E-state index contributed by atoms with van der Waals surface area (Å²) in [5.41, 5.74) is 6.61. The van der Waals surface area contributed by atoms with Crippen LogP contribution in [0.4, 0.5) is 0 Å². The number of nitrogens with one attached hydrogen (secondary N) is 1. The molecule has 2 aromatic carbocycles. The molecule has 0 aliphatic carbocycles. The highest BCUT2D eigenvalue weighted by Crippen LogP contribution is 2.30. The van der Waals surface area contributed by atoms with Gasteiger partial charge in [-0.1, -0.05) is 62.2 Å². The lowest BCUT2D eigenvalue weighted by molar-refractivity contribution is 1.53. The molecule has 0 aliphatic heterocycles. The van der Waals surface area contributed by atoms with E-state index in [9.17, 15) is 0 Å². The summed E-state index contributed by atoms with van der Waals surface area (Å²) in [4.78, 5) is 3.48. The standard InChI is InChI=1S/C23H21N/c1-5-8-16(4)18-10-12-22-20(14-18)21-15-19(11-13-23(21)24-22)17(7-3)9-6-2/h5-15,24H,2-4H2,1H3/b8-5-,17-9+. The third-order valence-electron chi connectivity index (χ3n) is 4.19. The summed E-state index contributed by atoms with van der Waals surface area (Å²) in [6.45, 7) is 13.8. The van der Waals surface area contributed by atoms with E-state index in [1.165, 1.54) is 10.8 Å². The number of rotatable bonds is 5. The largest absolute Gasteiger partial charge is 0.355 e. The van der Waals surface area contributed by atoms with Crippen LogP contribution < -0.4 is 0 Å². The fraction of sp³-hybridized carbons (Fsp3) is 0.0435. The number of allylic oxidation sites excluding steroid dienone is 7. The van der Waals surface area contributed by atoms with Crippen LogP contribution >= 0.6 is 0 Å². The molecule has 1 nitrogen and oxygen atoms in total. The van der Waals surface area contributed by atoms with Gasteiger partial charge in [-0.15, -0.1) is 0 Å². The second-order valence-electron chi connectivity index (χ2n) is 5.73. The average Bonchev–Trinajstić information content (AvgIpc) is 2.96. The van der Waals surface area contributed by atoms with Crippen LogP contribution in [0.1, 0.15) is 18.1 Å². The minimum Gasteiger partial charge on any atom is -0.355 e. The molecule has 118 valence electrons. The Kier molecular flexibility index (Phi) is 4.35. The van der Waals surface area contributed by atoms with Crippen LogP contribution in [0.3, 0.4) is 0 Å². The zero-order valence-electron chi connectivity index (χ0n) is 14.0. The van der Waals surface area contributed by atoms with Crippen molar-refractivity contribution in [2.75, 3.05) is 0 Å². The topological polar surface area (TPSA) is 15.8 Å². The van der Waals surface area contributed by atoms with E-state index in [1.54, 1.807) is 6.08 Å². The molecule has 0 saturated heterocycles. The van der Waals surface area contributed by atoms with Crippen LogP contribution in [0.5, 0.6) is 0 Å². The van der Waals surface area contributed by atoms with Crippen molar-refractivity contribution in [2.45, 2.75) is 6.92 Å². The van der Waals surface area contributed by atoms with E-state index in [0.29, 0.717) is 0 Å². The van der Waals surface area contributed by atoms with Crippen molar-refractivity contribution < 1.29 is 0 Å². The number of hydrogen-bond donors (Lipinski definition) is 1. The first-order valence-corrected chi connectivity index (χ1v) is 8.01. The minimum atomic E-state index is 1.02. The van der Waals surface area contributed by atoms with Crippen molar-refractivity contribution in [3.05, 3.63) is 97.6 Å². The Morgan fingerprint density at radius 3 is 2.17 bits per heavy atom. The van der Waals surface area contributed by atoms with Crippen LogP contribution in [0.25, 0.3) is 33.0 Å². The molecule has 0 aliphatic rings. The Labute approximate surface area is 143 Å². The molecule has 0 spiro atoms. The first-order chi connectivity index (χ1) is 11.7. The molecule has 0 bridgehead atoms. The highest BCUT2D eigenvalue weighted by atomic mass is 14.7. The molecule has 0 atom stereocenters. The molecule has 0 radical (unpaired) electrons. The molecule has 1 N–H and O–H groups in total. The maximum Gasteiger partial charge on any atom is 0.0465 e. The maximum absolute atomic E-state index is 4.14. The Morgan fingerprint density at radius 1 is 0.958 bits per heavy atom. The predicted octanol–water partition coefficient (Wildman–Crippen LogP) is 6.67. The summed E-state index contributed by atoms with van der Waals surface area (Å²) in [7, 11) is 0. The second kappa shape index (κ2) is 6.59. The molecule has 1 heterocycles. The lowest BCUT2D eigenvalue weighted by atomic mass is 10.0. The van der Waals surface area contributed by atoms with Gasteiger partial charge in [-0.25, -0.2) is 0 Å². The Hall–Kier alpha value is -3.06. The van der Waals surface area contributed by atoms with Crippen molar-refractivity contribution in [1.82, 2.24) is 4.98 Å². The highest BCUT2D eigenvalue weighted by Gasteiger charge is 2.08. The van der Waals surface area contributed by atoms with Crippen molar-refractivity contribution in [2.24, 2.45) is 0 Å². The van der Waals surface area contributed by atoms with Crippen LogP contribution in [0.2, 0.25) is 0 Å². The van der Waals surface area contributed by atoms with Gasteiger partial charge in [-0.2, -0.15) is 0 Å². The summed E-state index contributed by atoms with van der Waals surface area (Å²) < 4.78 is 0. The quantitative estimate of drug-likeness (QED) is 0.507. The number of hydrogen-bond acceptors (Lipinski definition) is 0. The van der Waals surface area contributed by atoms with Gasteiger partial charge in [0.25, 0.3) is 0 Å². The van der Waals surface area contributed by atoms with Crippen LogP contribution in [-0.4, -0.2) is 4.98 Å². The van der Waals surface area contributed by atoms with Gasteiger partial charge in [-0.3, -0.25) is 0 Å². The van der Waals surface area contributed by atoms with Gasteiger partial charge < -0.3 is 4.98 Å². The Balaban J connectivity index is 2.23. The number of fused-ring (bicyclic) bond motifs is 3. The fourth-order valence-electron chi connectivity index (χ4n) is 2.98. The van der Waals surface area contributed by atoms with Crippen LogP contribution in [-0.2, 0) is 0 Å². The number of benzene rings is 2. The summed E-state index contributed by atoms with van der Waals surface area (Å²) in [6.07, 6.45) is 9.66. The van der Waals surface area contributed by atoms with E-state index in [2.05, 4.69) is 61.1 Å². The monoisotopic (exact) mass is 311 g/mol. The maximum atomic E-state index is 4.14. The Morgan fingerprint density at radius 2 is 1.58 bits per heavy atom. The molecule has 3 aromatic rings. The highest BCUT2D eigenvalue weighted by molar-refractivity contribution is 6.09. The van der Waals surface area contributed by atoms with Gasteiger partial charge in [0.15, 0.2) is 0 Å². The summed E-state index contributed by atoms with van der Waals surface area (Å²) in [5.74, 6) is 0. The zero-order chi connectivity index (χ0) is 17.1. The van der Waals surface area contributed by atoms with Gasteiger partial charge in [0.2, 0.25) is 0 Å². The Bertz CT molecular complexity index is 1010. The molecule has 0 unspecified atom stereocenters. The lowest BCUT2D eigenvalue weighted by Crippen LogP contribution is -1.81. The molecule has 0 amide bonds. The number of H-pyrrole nitrogens is 1. The van der Waals surface area contributed by atoms with E-state index in [1.807, 2.05) is 31.2 Å². The van der Waals surface area contributed by atoms with Crippen molar-refractivity contribution in [3.8, 4) is 0 Å². The molecule has 0 saturated carbocycles. The first-order valence-electron chi connectivity index (χ1n) is 8.01. The van der Waals surface area contributed by atoms with Crippen molar-refractivity contribution in [3.63, 3.8) is 0 Å². The van der Waals surface area contributed by atoms with E-state index in [0.717, 1.165) is 33.3 Å². The van der Waals surface area contributed by atoms with E-state index >= 15 is 0 Å². The van der Waals surface area contributed by atoms with E-state index in [4.69, 9.17) is 0 Å². The molecule has 24 heavy (non-hydrogen) atoms. The second-order valence-corrected chi connectivity index (χ2v) is 5.73. The lowest BCUT2D eigenvalue weighted by Gasteiger charge is -2.03. The van der Waals surface area contributed by atoms with Gasteiger partial charge in [0.05, 0.1) is 0 Å². The molecule has 1 heteroatoms. The number of aromatic amines is 1. The summed E-state index contributed by atoms with van der Waals surface area (Å²) in [6, 6.07) is 12.8. The van der Waals surface area contributed by atoms with Gasteiger partial charge in [-0.05, 0) is 53.5 Å². The molecular formula is C23H21N. The predicted molar refractivity (Wildman–Crippen MR) is 108 cm³/mol. The van der Waals surface area contributed by atoms with E-state index in [-0.39, 0.29) is 0 Å². The SMILES string of the molecule is C=C/C=C(\C=C)c1ccc2[nH]c3ccc(C(=C)/C=C\C)cc3c2c1. The zero-order valence-corrected chi connectivity index (χ0v) is 14.0. The first kappa shape index (κ1) is 15.8. The summed E-state index contributed by atoms with van der Waals surface area (Å²) in [5, 5.41) is 2.41. The van der Waals surface area contributed by atoms with Crippen molar-refractivity contribution >= 4 is 33.0 Å². The molecular weight excluding hydrogens is 290 g/mol. The number of aromatic nitrogens is 1. The molecule has 3 rings (SSSR count). The third kappa shape index (κ3) is 2.77. The smallest absolute Gasteiger partial charge is 0.0465 e. The van der Waals surface area contributed by atoms with Gasteiger partial charge in [0.1, 0.15) is 0 Å². The molecule has 0 fully saturated rings. The average molecular weight is 311 g/mol. The van der Waals surface area contributed by atoms with Gasteiger partial charge in [0, 0.05) is 21.8 Å². The fourth-order valence-corrected chi connectivity index (χ4v) is 2.98. The van der Waals surface area contributed by atoms with Gasteiger partial charge >= 0.3 is 0 Å². The van der Waals surface area contributed by atoms with Crippen molar-refractivity contribution in [1.29, 1.82) is 0 Å². The normalized spacial score (nSPS) is 12.1. The van der Waals surface area contributed by atoms with E-state index < -0.39 is 0 Å². The van der Waals surface area contributed by atoms with Crippen LogP contribution in [0, 0.1) is 0 Å².